The highest BCUT2D eigenvalue weighted by Gasteiger charge is 2.46. The summed E-state index contributed by atoms with van der Waals surface area (Å²) >= 11 is 0. The molecule has 0 radical (unpaired) electrons. The van der Waals surface area contributed by atoms with Gasteiger partial charge < -0.3 is 29.9 Å². The van der Waals surface area contributed by atoms with Gasteiger partial charge in [-0.15, -0.1) is 0 Å². The molecule has 4 atom stereocenters. The first-order valence-electron chi connectivity index (χ1n) is 9.30. The van der Waals surface area contributed by atoms with E-state index in [1.54, 1.807) is 0 Å². The zero-order chi connectivity index (χ0) is 22.3. The summed E-state index contributed by atoms with van der Waals surface area (Å²) in [6.45, 7) is 0. The van der Waals surface area contributed by atoms with Gasteiger partial charge in [-0.25, -0.2) is 0 Å². The van der Waals surface area contributed by atoms with Gasteiger partial charge in [0.1, 0.15) is 11.5 Å². The second kappa shape index (κ2) is 7.85. The maximum absolute atomic E-state index is 11.7. The van der Waals surface area contributed by atoms with Crippen LogP contribution in [0.4, 0.5) is 0 Å². The van der Waals surface area contributed by atoms with Crippen LogP contribution in [0.3, 0.4) is 0 Å². The van der Waals surface area contributed by atoms with Gasteiger partial charge in [-0.2, -0.15) is 0 Å². The molecule has 0 saturated carbocycles. The van der Waals surface area contributed by atoms with E-state index < -0.39 is 47.5 Å². The van der Waals surface area contributed by atoms with Crippen LogP contribution in [0.25, 0.3) is 0 Å². The zero-order valence-corrected chi connectivity index (χ0v) is 16.4. The van der Waals surface area contributed by atoms with E-state index in [9.17, 15) is 39.6 Å². The Labute approximate surface area is 171 Å². The lowest BCUT2D eigenvalue weighted by Crippen LogP contribution is -2.39. The first-order chi connectivity index (χ1) is 14.1. The van der Waals surface area contributed by atoms with Gasteiger partial charge >= 0.3 is 23.9 Å². The van der Waals surface area contributed by atoms with E-state index in [4.69, 9.17) is 9.47 Å². The fourth-order valence-electron chi connectivity index (χ4n) is 4.76. The summed E-state index contributed by atoms with van der Waals surface area (Å²) in [6.07, 6.45) is -0.466. The van der Waals surface area contributed by atoms with Crippen LogP contribution in [0.5, 0.6) is 11.5 Å². The first kappa shape index (κ1) is 21.4. The summed E-state index contributed by atoms with van der Waals surface area (Å²) in [5.41, 5.74) is 1.87. The van der Waals surface area contributed by atoms with E-state index in [0.717, 1.165) is 0 Å². The molecule has 0 fully saturated rings. The lowest BCUT2D eigenvalue weighted by molar-refractivity contribution is -0.154. The summed E-state index contributed by atoms with van der Waals surface area (Å²) in [5, 5.41) is 38.2. The Hall–Kier alpha value is -3.30. The molecule has 3 rings (SSSR count). The Bertz CT molecular complexity index is 790. The van der Waals surface area contributed by atoms with Crippen molar-refractivity contribution >= 4 is 23.9 Å². The Morgan fingerprint density at radius 2 is 0.767 bits per heavy atom. The van der Waals surface area contributed by atoms with Crippen molar-refractivity contribution in [3.63, 3.8) is 0 Å². The van der Waals surface area contributed by atoms with Crippen LogP contribution in [0.1, 0.15) is 22.3 Å². The molecule has 10 heteroatoms. The third-order valence-electron chi connectivity index (χ3n) is 6.17. The molecule has 2 aliphatic carbocycles. The smallest absolute Gasteiger partial charge is 0.307 e. The monoisotopic (exact) mass is 422 g/mol. The number of fused-ring (bicyclic) bond motifs is 2. The van der Waals surface area contributed by atoms with Gasteiger partial charge in [0.2, 0.25) is 0 Å². The zero-order valence-electron chi connectivity index (χ0n) is 16.4. The number of aliphatic carboxylic acids is 4. The van der Waals surface area contributed by atoms with Gasteiger partial charge in [0.15, 0.2) is 0 Å². The summed E-state index contributed by atoms with van der Waals surface area (Å²) in [6, 6.07) is 0. The van der Waals surface area contributed by atoms with Crippen LogP contribution in [-0.4, -0.2) is 58.5 Å². The number of carbonyl (C=O) groups is 4. The lowest BCUT2D eigenvalue weighted by Gasteiger charge is -2.36. The molecule has 0 saturated heterocycles. The standard InChI is InChI=1S/C20H22O10/c1-29-15-7-3-11(17(21)22)13(19(25)26)5-9(7)16(30-2)10-6-14(20(27)28)12(18(23)24)4-8(10)15/h11-14H,3-6H2,1-2H3,(H,21,22)(H,23,24)(H,25,26)(H,27,28). The summed E-state index contributed by atoms with van der Waals surface area (Å²) in [4.78, 5) is 46.8. The van der Waals surface area contributed by atoms with Crippen molar-refractivity contribution in [3.05, 3.63) is 22.3 Å². The SMILES string of the molecule is COc1c2c(c(OC)c3c1CC(C(=O)O)C(C(=O)O)C3)CC(C(=O)O)C(C(=O)O)C2. The molecule has 4 unspecified atom stereocenters. The molecular weight excluding hydrogens is 400 g/mol. The minimum Gasteiger partial charge on any atom is -0.496 e. The fourth-order valence-corrected chi connectivity index (χ4v) is 4.76. The Morgan fingerprint density at radius 1 is 0.567 bits per heavy atom. The molecule has 1 aromatic rings. The van der Waals surface area contributed by atoms with Gasteiger partial charge in [-0.3, -0.25) is 19.2 Å². The predicted molar refractivity (Wildman–Crippen MR) is 98.9 cm³/mol. The highest BCUT2D eigenvalue weighted by atomic mass is 16.5. The molecule has 1 aromatic carbocycles. The van der Waals surface area contributed by atoms with Crippen LogP contribution in [0.15, 0.2) is 0 Å². The quantitative estimate of drug-likeness (QED) is 0.512. The topological polar surface area (TPSA) is 168 Å². The summed E-state index contributed by atoms with van der Waals surface area (Å²) < 4.78 is 11.0. The van der Waals surface area contributed by atoms with E-state index >= 15 is 0 Å². The van der Waals surface area contributed by atoms with Crippen LogP contribution in [0.2, 0.25) is 0 Å². The Kier molecular flexibility index (Phi) is 5.60. The molecule has 0 heterocycles. The molecule has 0 spiro atoms. The second-order valence-corrected chi connectivity index (χ2v) is 7.58. The molecule has 0 aliphatic heterocycles. The Morgan fingerprint density at radius 3 is 0.900 bits per heavy atom. The maximum Gasteiger partial charge on any atom is 0.307 e. The first-order valence-corrected chi connectivity index (χ1v) is 9.30. The number of methoxy groups -OCH3 is 2. The third-order valence-corrected chi connectivity index (χ3v) is 6.17. The van der Waals surface area contributed by atoms with E-state index in [0.29, 0.717) is 22.3 Å². The number of rotatable bonds is 6. The molecule has 0 aromatic heterocycles. The third kappa shape index (κ3) is 3.31. The van der Waals surface area contributed by atoms with Crippen molar-refractivity contribution < 1.29 is 49.1 Å². The summed E-state index contributed by atoms with van der Waals surface area (Å²) in [7, 11) is 2.72. The number of carboxylic acids is 4. The van der Waals surface area contributed by atoms with Crippen LogP contribution in [0, 0.1) is 23.7 Å². The van der Waals surface area contributed by atoms with Crippen LogP contribution >= 0.6 is 0 Å². The molecule has 0 bridgehead atoms. The average molecular weight is 422 g/mol. The number of hydrogen-bond donors (Lipinski definition) is 4. The predicted octanol–water partition coefficient (Wildman–Crippen LogP) is 0.704. The van der Waals surface area contributed by atoms with Gasteiger partial charge in [0.25, 0.3) is 0 Å². The molecule has 10 nitrogen and oxygen atoms in total. The normalized spacial score (nSPS) is 24.9. The Balaban J connectivity index is 2.26. The van der Waals surface area contributed by atoms with Crippen molar-refractivity contribution in [1.82, 2.24) is 0 Å². The van der Waals surface area contributed by atoms with Gasteiger partial charge in [-0.05, 0) is 25.7 Å². The molecule has 162 valence electrons. The highest BCUT2D eigenvalue weighted by molar-refractivity contribution is 5.84. The van der Waals surface area contributed by atoms with Crippen molar-refractivity contribution in [2.75, 3.05) is 14.2 Å². The number of benzene rings is 1. The molecule has 4 N–H and O–H groups in total. The molecular formula is C20H22O10. The fraction of sp³-hybridized carbons (Fsp3) is 0.500. The van der Waals surface area contributed by atoms with Crippen molar-refractivity contribution in [3.8, 4) is 11.5 Å². The van der Waals surface area contributed by atoms with E-state index in [2.05, 4.69) is 0 Å². The number of ether oxygens (including phenoxy) is 2. The van der Waals surface area contributed by atoms with Crippen LogP contribution in [-0.2, 0) is 44.9 Å². The van der Waals surface area contributed by atoms with Gasteiger partial charge in [-0.1, -0.05) is 0 Å². The molecule has 30 heavy (non-hydrogen) atoms. The number of hydrogen-bond acceptors (Lipinski definition) is 6. The second-order valence-electron chi connectivity index (χ2n) is 7.58. The molecule has 0 amide bonds. The largest absolute Gasteiger partial charge is 0.496 e. The van der Waals surface area contributed by atoms with E-state index in [1.807, 2.05) is 0 Å². The van der Waals surface area contributed by atoms with Crippen molar-refractivity contribution in [1.29, 1.82) is 0 Å². The number of carboxylic acid groups (broad SMARTS) is 4. The van der Waals surface area contributed by atoms with Crippen molar-refractivity contribution in [2.45, 2.75) is 25.7 Å². The highest BCUT2D eigenvalue weighted by Crippen LogP contribution is 2.49. The van der Waals surface area contributed by atoms with E-state index in [-0.39, 0.29) is 37.2 Å². The van der Waals surface area contributed by atoms with Gasteiger partial charge in [0, 0.05) is 22.3 Å². The average Bonchev–Trinajstić information content (AvgIpc) is 2.69. The van der Waals surface area contributed by atoms with Crippen molar-refractivity contribution in [2.24, 2.45) is 23.7 Å². The lowest BCUT2D eigenvalue weighted by atomic mass is 9.69. The van der Waals surface area contributed by atoms with Gasteiger partial charge in [0.05, 0.1) is 37.9 Å². The molecule has 2 aliphatic rings. The minimum atomic E-state index is -1.25. The maximum atomic E-state index is 11.7. The summed E-state index contributed by atoms with van der Waals surface area (Å²) in [5.74, 6) is -9.16. The van der Waals surface area contributed by atoms with Crippen LogP contribution < -0.4 is 9.47 Å². The minimum absolute atomic E-state index is 0.117. The van der Waals surface area contributed by atoms with E-state index in [1.165, 1.54) is 14.2 Å².